The van der Waals surface area contributed by atoms with Crippen LogP contribution >= 0.6 is 0 Å². The summed E-state index contributed by atoms with van der Waals surface area (Å²) >= 11 is 0. The van der Waals surface area contributed by atoms with Crippen molar-refractivity contribution < 1.29 is 9.59 Å². The molecule has 4 heteroatoms. The smallest absolute Gasteiger partial charge is 0.254 e. The largest absolute Gasteiger partial charge is 0.337 e. The van der Waals surface area contributed by atoms with Crippen molar-refractivity contribution in [2.75, 3.05) is 13.6 Å². The highest BCUT2D eigenvalue weighted by Gasteiger charge is 2.26. The van der Waals surface area contributed by atoms with Crippen LogP contribution in [0.15, 0.2) is 54.6 Å². The van der Waals surface area contributed by atoms with Crippen LogP contribution in [0.3, 0.4) is 0 Å². The normalized spacial score (nSPS) is 16.8. The molecule has 1 heterocycles. The summed E-state index contributed by atoms with van der Waals surface area (Å²) < 4.78 is 0. The van der Waals surface area contributed by atoms with Crippen LogP contribution in [-0.4, -0.2) is 41.2 Å². The van der Waals surface area contributed by atoms with Crippen LogP contribution in [0.4, 0.5) is 0 Å². The molecule has 27 heavy (non-hydrogen) atoms. The van der Waals surface area contributed by atoms with Crippen molar-refractivity contribution in [2.24, 2.45) is 0 Å². The van der Waals surface area contributed by atoms with Crippen LogP contribution in [-0.2, 0) is 6.54 Å². The molecule has 0 spiro atoms. The van der Waals surface area contributed by atoms with E-state index in [1.165, 1.54) is 6.42 Å². The molecule has 0 aliphatic carbocycles. The summed E-state index contributed by atoms with van der Waals surface area (Å²) in [6, 6.07) is 17.4. The second kappa shape index (κ2) is 8.85. The molecule has 2 aromatic carbocycles. The highest BCUT2D eigenvalue weighted by Crippen LogP contribution is 2.22. The maximum absolute atomic E-state index is 12.9. The van der Waals surface area contributed by atoms with Crippen molar-refractivity contribution in [3.63, 3.8) is 0 Å². The molecule has 1 aliphatic heterocycles. The van der Waals surface area contributed by atoms with Crippen molar-refractivity contribution in [2.45, 2.75) is 45.2 Å². The van der Waals surface area contributed by atoms with Gasteiger partial charge in [0.15, 0.2) is 0 Å². The summed E-state index contributed by atoms with van der Waals surface area (Å²) in [4.78, 5) is 29.2. The van der Waals surface area contributed by atoms with E-state index in [0.717, 1.165) is 31.4 Å². The maximum atomic E-state index is 12.9. The molecule has 0 aromatic heterocycles. The fraction of sp³-hybridized carbons (Fsp3) is 0.391. The lowest BCUT2D eigenvalue weighted by Crippen LogP contribution is -2.43. The SMILES string of the molecule is CCC1CCCCN1C(=O)c1ccc(C(=O)N(C)Cc2ccccc2)cc1. The van der Waals surface area contributed by atoms with Crippen LogP contribution < -0.4 is 0 Å². The van der Waals surface area contributed by atoms with Gasteiger partial charge >= 0.3 is 0 Å². The van der Waals surface area contributed by atoms with Crippen molar-refractivity contribution in [3.05, 3.63) is 71.3 Å². The molecule has 1 unspecified atom stereocenters. The Bertz CT molecular complexity index is 771. The van der Waals surface area contributed by atoms with Gasteiger partial charge in [-0.3, -0.25) is 9.59 Å². The molecule has 0 radical (unpaired) electrons. The summed E-state index contributed by atoms with van der Waals surface area (Å²) in [5.74, 6) is 0.0421. The Labute approximate surface area is 161 Å². The van der Waals surface area contributed by atoms with Crippen molar-refractivity contribution in [1.82, 2.24) is 9.80 Å². The summed E-state index contributed by atoms with van der Waals surface area (Å²) in [6.45, 7) is 3.53. The molecule has 142 valence electrons. The first-order valence-corrected chi connectivity index (χ1v) is 9.80. The third-order valence-corrected chi connectivity index (χ3v) is 5.35. The van der Waals surface area contributed by atoms with Crippen LogP contribution in [0.1, 0.15) is 58.9 Å². The predicted octanol–water partition coefficient (Wildman–Crippen LogP) is 4.36. The molecule has 1 saturated heterocycles. The fourth-order valence-corrected chi connectivity index (χ4v) is 3.76. The van der Waals surface area contributed by atoms with Crippen molar-refractivity contribution in [1.29, 1.82) is 0 Å². The first-order valence-electron chi connectivity index (χ1n) is 9.80. The number of carbonyl (C=O) groups excluding carboxylic acids is 2. The number of carbonyl (C=O) groups is 2. The van der Waals surface area contributed by atoms with E-state index in [0.29, 0.717) is 23.7 Å². The molecule has 3 rings (SSSR count). The molecule has 1 aliphatic rings. The van der Waals surface area contributed by atoms with Gasteiger partial charge < -0.3 is 9.80 Å². The molecule has 0 bridgehead atoms. The zero-order chi connectivity index (χ0) is 19.2. The van der Waals surface area contributed by atoms with Gasteiger partial charge in [-0.1, -0.05) is 37.3 Å². The number of hydrogen-bond acceptors (Lipinski definition) is 2. The molecule has 2 aromatic rings. The predicted molar refractivity (Wildman–Crippen MR) is 108 cm³/mol. The molecular weight excluding hydrogens is 336 g/mol. The van der Waals surface area contributed by atoms with E-state index >= 15 is 0 Å². The van der Waals surface area contributed by atoms with Gasteiger partial charge in [0.2, 0.25) is 0 Å². The Kier molecular flexibility index (Phi) is 6.28. The van der Waals surface area contributed by atoms with Gasteiger partial charge in [0, 0.05) is 37.3 Å². The second-order valence-electron chi connectivity index (χ2n) is 7.28. The average molecular weight is 364 g/mol. The molecule has 4 nitrogen and oxygen atoms in total. The summed E-state index contributed by atoms with van der Waals surface area (Å²) in [7, 11) is 1.80. The Morgan fingerprint density at radius 1 is 1.00 bits per heavy atom. The van der Waals surface area contributed by atoms with E-state index < -0.39 is 0 Å². The third kappa shape index (κ3) is 4.57. The lowest BCUT2D eigenvalue weighted by Gasteiger charge is -2.35. The molecule has 1 atom stereocenters. The van der Waals surface area contributed by atoms with Crippen molar-refractivity contribution >= 4 is 11.8 Å². The van der Waals surface area contributed by atoms with E-state index in [9.17, 15) is 9.59 Å². The molecular formula is C23H28N2O2. The van der Waals surface area contributed by atoms with Gasteiger partial charge in [0.25, 0.3) is 11.8 Å². The highest BCUT2D eigenvalue weighted by atomic mass is 16.2. The van der Waals surface area contributed by atoms with Crippen LogP contribution in [0.2, 0.25) is 0 Å². The molecule has 0 N–H and O–H groups in total. The monoisotopic (exact) mass is 364 g/mol. The standard InChI is InChI=1S/C23H28N2O2/c1-3-21-11-7-8-16-25(21)23(27)20-14-12-19(13-15-20)22(26)24(2)17-18-9-5-4-6-10-18/h4-6,9-10,12-15,21H,3,7-8,11,16-17H2,1-2H3. The number of amides is 2. The minimum atomic E-state index is -0.0396. The zero-order valence-electron chi connectivity index (χ0n) is 16.2. The minimum Gasteiger partial charge on any atom is -0.337 e. The summed E-state index contributed by atoms with van der Waals surface area (Å²) in [5, 5.41) is 0. The number of rotatable bonds is 5. The van der Waals surface area contributed by atoms with Gasteiger partial charge in [-0.2, -0.15) is 0 Å². The lowest BCUT2D eigenvalue weighted by molar-refractivity contribution is 0.0607. The van der Waals surface area contributed by atoms with E-state index in [4.69, 9.17) is 0 Å². The number of benzene rings is 2. The van der Waals surface area contributed by atoms with Gasteiger partial charge in [0.05, 0.1) is 0 Å². The third-order valence-electron chi connectivity index (χ3n) is 5.35. The van der Waals surface area contributed by atoms with E-state index in [2.05, 4.69) is 6.92 Å². The van der Waals surface area contributed by atoms with Gasteiger partial charge in [0.1, 0.15) is 0 Å². The second-order valence-corrected chi connectivity index (χ2v) is 7.28. The topological polar surface area (TPSA) is 40.6 Å². The first-order chi connectivity index (χ1) is 13.1. The zero-order valence-corrected chi connectivity index (χ0v) is 16.2. The number of nitrogens with zero attached hydrogens (tertiary/aromatic N) is 2. The van der Waals surface area contributed by atoms with Crippen LogP contribution in [0.25, 0.3) is 0 Å². The number of hydrogen-bond donors (Lipinski definition) is 0. The van der Waals surface area contributed by atoms with Crippen LogP contribution in [0.5, 0.6) is 0 Å². The van der Waals surface area contributed by atoms with Gasteiger partial charge in [-0.15, -0.1) is 0 Å². The Balaban J connectivity index is 1.67. The maximum Gasteiger partial charge on any atom is 0.254 e. The quantitative estimate of drug-likeness (QED) is 0.791. The minimum absolute atomic E-state index is 0.0396. The fourth-order valence-electron chi connectivity index (χ4n) is 3.76. The van der Waals surface area contributed by atoms with E-state index in [1.807, 2.05) is 35.2 Å². The number of likely N-dealkylation sites (tertiary alicyclic amines) is 1. The first kappa shape index (κ1) is 19.2. The van der Waals surface area contributed by atoms with Crippen molar-refractivity contribution in [3.8, 4) is 0 Å². The molecule has 0 saturated carbocycles. The highest BCUT2D eigenvalue weighted by molar-refractivity contribution is 5.97. The summed E-state index contributed by atoms with van der Waals surface area (Å²) in [5.41, 5.74) is 2.36. The Morgan fingerprint density at radius 2 is 1.67 bits per heavy atom. The average Bonchev–Trinajstić information content (AvgIpc) is 2.73. The van der Waals surface area contributed by atoms with Gasteiger partial charge in [-0.05, 0) is 55.5 Å². The van der Waals surface area contributed by atoms with Crippen LogP contribution in [0, 0.1) is 0 Å². The lowest BCUT2D eigenvalue weighted by atomic mass is 9.98. The van der Waals surface area contributed by atoms with E-state index in [-0.39, 0.29) is 11.8 Å². The summed E-state index contributed by atoms with van der Waals surface area (Å²) in [6.07, 6.45) is 4.35. The number of piperidine rings is 1. The van der Waals surface area contributed by atoms with Gasteiger partial charge in [-0.25, -0.2) is 0 Å². The Hall–Kier alpha value is -2.62. The Morgan fingerprint density at radius 3 is 2.33 bits per heavy atom. The van der Waals surface area contributed by atoms with E-state index in [1.54, 1.807) is 36.2 Å². The molecule has 2 amide bonds. The molecule has 1 fully saturated rings.